The van der Waals surface area contributed by atoms with Crippen molar-refractivity contribution in [3.8, 4) is 16.9 Å². The van der Waals surface area contributed by atoms with E-state index in [4.69, 9.17) is 9.15 Å². The van der Waals surface area contributed by atoms with Gasteiger partial charge >= 0.3 is 0 Å². The summed E-state index contributed by atoms with van der Waals surface area (Å²) in [5, 5.41) is 3.98. The number of hydrogen-bond donors (Lipinski definition) is 1. The normalized spacial score (nSPS) is 11.6. The highest BCUT2D eigenvalue weighted by Crippen LogP contribution is 2.40. The number of hydrogen-bond acceptors (Lipinski definition) is 3. The minimum atomic E-state index is -0.173. The molecule has 1 amide bonds. The van der Waals surface area contributed by atoms with E-state index in [9.17, 15) is 4.79 Å². The monoisotopic (exact) mass is 439 g/mol. The Morgan fingerprint density at radius 3 is 2.39 bits per heavy atom. The van der Waals surface area contributed by atoms with Gasteiger partial charge in [-0.2, -0.15) is 0 Å². The first-order chi connectivity index (χ1) is 15.9. The summed E-state index contributed by atoms with van der Waals surface area (Å²) in [5.74, 6) is 0.570. The lowest BCUT2D eigenvalue weighted by Gasteiger charge is -2.15. The summed E-state index contributed by atoms with van der Waals surface area (Å²) in [4.78, 5) is 12.8. The van der Waals surface area contributed by atoms with E-state index >= 15 is 0 Å². The number of rotatable bonds is 6. The van der Waals surface area contributed by atoms with Crippen LogP contribution in [0.15, 0.2) is 71.4 Å². The van der Waals surface area contributed by atoms with E-state index < -0.39 is 0 Å². The van der Waals surface area contributed by atoms with Crippen molar-refractivity contribution in [1.29, 1.82) is 0 Å². The van der Waals surface area contributed by atoms with Crippen LogP contribution in [0.4, 0.5) is 5.69 Å². The SMILES string of the molecule is CCOc1c(/C(C)=C/C(=O)Nc2cc(C)cc(C)c2)cc2c(-c3ccccc3)coc2c1C. The lowest BCUT2D eigenvalue weighted by molar-refractivity contribution is -0.111. The van der Waals surface area contributed by atoms with Gasteiger partial charge in [0.25, 0.3) is 0 Å². The molecule has 33 heavy (non-hydrogen) atoms. The summed E-state index contributed by atoms with van der Waals surface area (Å²) in [7, 11) is 0. The number of carbonyl (C=O) groups excluding carboxylic acids is 1. The first-order valence-electron chi connectivity index (χ1n) is 11.2. The van der Waals surface area contributed by atoms with Gasteiger partial charge in [-0.05, 0) is 75.1 Å². The first kappa shape index (κ1) is 22.4. The molecule has 1 N–H and O–H groups in total. The smallest absolute Gasteiger partial charge is 0.248 e. The van der Waals surface area contributed by atoms with Gasteiger partial charge in [-0.1, -0.05) is 36.4 Å². The fourth-order valence-electron chi connectivity index (χ4n) is 4.28. The lowest BCUT2D eigenvalue weighted by Crippen LogP contribution is -2.09. The van der Waals surface area contributed by atoms with Gasteiger partial charge in [0.1, 0.15) is 11.3 Å². The Labute approximate surface area is 194 Å². The summed E-state index contributed by atoms with van der Waals surface area (Å²) < 4.78 is 12.0. The molecule has 4 heteroatoms. The van der Waals surface area contributed by atoms with Crippen LogP contribution in [0, 0.1) is 20.8 Å². The Kier molecular flexibility index (Phi) is 6.36. The van der Waals surface area contributed by atoms with E-state index in [0.717, 1.165) is 61.4 Å². The van der Waals surface area contributed by atoms with Gasteiger partial charge in [0, 0.05) is 33.8 Å². The van der Waals surface area contributed by atoms with Crippen LogP contribution in [-0.4, -0.2) is 12.5 Å². The quantitative estimate of drug-likeness (QED) is 0.317. The largest absolute Gasteiger partial charge is 0.493 e. The van der Waals surface area contributed by atoms with Gasteiger partial charge in [0.05, 0.1) is 12.9 Å². The average molecular weight is 440 g/mol. The number of allylic oxidation sites excluding steroid dienone is 1. The predicted octanol–water partition coefficient (Wildman–Crippen LogP) is 7.47. The fourth-order valence-corrected chi connectivity index (χ4v) is 4.28. The average Bonchev–Trinajstić information content (AvgIpc) is 3.19. The molecule has 0 atom stereocenters. The standard InChI is InChI=1S/C29H29NO3/c1-6-32-28-21(5)29-25(26(17-33-29)22-10-8-7-9-11-22)16-24(28)20(4)15-27(31)30-23-13-18(2)12-19(3)14-23/h7-17H,6H2,1-5H3,(H,30,31)/b20-15+. The van der Waals surface area contributed by atoms with Crippen LogP contribution in [-0.2, 0) is 4.79 Å². The summed E-state index contributed by atoms with van der Waals surface area (Å²) in [6.07, 6.45) is 3.42. The van der Waals surface area contributed by atoms with Crippen molar-refractivity contribution >= 4 is 28.1 Å². The molecule has 3 aromatic carbocycles. The molecule has 1 heterocycles. The molecule has 0 unspecified atom stereocenters. The molecule has 0 fully saturated rings. The third kappa shape index (κ3) is 4.70. The number of carbonyl (C=O) groups is 1. The van der Waals surface area contributed by atoms with Crippen LogP contribution in [0.3, 0.4) is 0 Å². The second-order valence-corrected chi connectivity index (χ2v) is 8.40. The number of amides is 1. The zero-order chi connectivity index (χ0) is 23.5. The third-order valence-electron chi connectivity index (χ3n) is 5.68. The van der Waals surface area contributed by atoms with Crippen LogP contribution in [0.1, 0.15) is 36.1 Å². The summed E-state index contributed by atoms with van der Waals surface area (Å²) in [6.45, 7) is 10.4. The molecule has 0 aliphatic rings. The molecule has 1 aromatic heterocycles. The molecule has 0 saturated heterocycles. The van der Waals surface area contributed by atoms with Crippen LogP contribution < -0.4 is 10.1 Å². The highest BCUT2D eigenvalue weighted by atomic mass is 16.5. The van der Waals surface area contributed by atoms with Crippen LogP contribution >= 0.6 is 0 Å². The van der Waals surface area contributed by atoms with Crippen molar-refractivity contribution in [1.82, 2.24) is 0 Å². The third-order valence-corrected chi connectivity index (χ3v) is 5.68. The van der Waals surface area contributed by atoms with Gasteiger partial charge in [-0.25, -0.2) is 0 Å². The lowest BCUT2D eigenvalue weighted by atomic mass is 9.96. The summed E-state index contributed by atoms with van der Waals surface area (Å²) >= 11 is 0. The Hall–Kier alpha value is -3.79. The summed E-state index contributed by atoms with van der Waals surface area (Å²) in [6, 6.07) is 18.2. The van der Waals surface area contributed by atoms with Crippen molar-refractivity contribution in [2.75, 3.05) is 11.9 Å². The van der Waals surface area contributed by atoms with Gasteiger partial charge < -0.3 is 14.5 Å². The summed E-state index contributed by atoms with van der Waals surface area (Å²) in [5.41, 5.74) is 8.55. The predicted molar refractivity (Wildman–Crippen MR) is 136 cm³/mol. The number of aryl methyl sites for hydroxylation is 3. The van der Waals surface area contributed by atoms with Crippen molar-refractivity contribution in [2.24, 2.45) is 0 Å². The topological polar surface area (TPSA) is 51.5 Å². The number of benzene rings is 3. The van der Waals surface area contributed by atoms with Crippen LogP contribution in [0.25, 0.3) is 27.7 Å². The second kappa shape index (κ2) is 9.37. The number of fused-ring (bicyclic) bond motifs is 1. The number of ether oxygens (including phenoxy) is 1. The molecule has 4 rings (SSSR count). The molecule has 0 spiro atoms. The zero-order valence-corrected chi connectivity index (χ0v) is 19.8. The Bertz CT molecular complexity index is 1330. The highest BCUT2D eigenvalue weighted by Gasteiger charge is 2.19. The molecule has 0 bridgehead atoms. The first-order valence-corrected chi connectivity index (χ1v) is 11.2. The maximum Gasteiger partial charge on any atom is 0.248 e. The van der Waals surface area contributed by atoms with Crippen LogP contribution in [0.2, 0.25) is 0 Å². The second-order valence-electron chi connectivity index (χ2n) is 8.40. The molecule has 0 radical (unpaired) electrons. The Balaban J connectivity index is 1.77. The van der Waals surface area contributed by atoms with Crippen molar-refractivity contribution in [2.45, 2.75) is 34.6 Å². The number of nitrogens with one attached hydrogen (secondary N) is 1. The van der Waals surface area contributed by atoms with Crippen LogP contribution in [0.5, 0.6) is 5.75 Å². The van der Waals surface area contributed by atoms with Gasteiger partial charge in [-0.3, -0.25) is 4.79 Å². The minimum absolute atomic E-state index is 0.173. The minimum Gasteiger partial charge on any atom is -0.493 e. The maximum atomic E-state index is 12.8. The molecule has 0 aliphatic carbocycles. The van der Waals surface area contributed by atoms with E-state index in [-0.39, 0.29) is 5.91 Å². The molecular formula is C29H29NO3. The molecule has 168 valence electrons. The van der Waals surface area contributed by atoms with E-state index in [1.54, 1.807) is 12.3 Å². The van der Waals surface area contributed by atoms with E-state index in [0.29, 0.717) is 6.61 Å². The zero-order valence-electron chi connectivity index (χ0n) is 19.8. The van der Waals surface area contributed by atoms with E-state index in [1.807, 2.05) is 65.0 Å². The molecule has 0 saturated carbocycles. The van der Waals surface area contributed by atoms with Crippen molar-refractivity contribution < 1.29 is 13.9 Å². The van der Waals surface area contributed by atoms with E-state index in [2.05, 4.69) is 29.6 Å². The molecule has 0 aliphatic heterocycles. The van der Waals surface area contributed by atoms with Crippen molar-refractivity contribution in [3.63, 3.8) is 0 Å². The number of furan rings is 1. The highest BCUT2D eigenvalue weighted by molar-refractivity contribution is 6.06. The Morgan fingerprint density at radius 2 is 1.73 bits per heavy atom. The Morgan fingerprint density at radius 1 is 1.03 bits per heavy atom. The maximum absolute atomic E-state index is 12.8. The van der Waals surface area contributed by atoms with Gasteiger partial charge in [0.15, 0.2) is 0 Å². The molecular weight excluding hydrogens is 410 g/mol. The molecule has 4 nitrogen and oxygen atoms in total. The van der Waals surface area contributed by atoms with Gasteiger partial charge in [-0.15, -0.1) is 0 Å². The van der Waals surface area contributed by atoms with Gasteiger partial charge in [0.2, 0.25) is 5.91 Å². The number of anilines is 1. The van der Waals surface area contributed by atoms with Crippen molar-refractivity contribution in [3.05, 3.63) is 89.2 Å². The fraction of sp³-hybridized carbons (Fsp3) is 0.207. The van der Waals surface area contributed by atoms with E-state index in [1.165, 1.54) is 0 Å². The molecule has 4 aromatic rings.